The molecule has 1 aliphatic rings. The Morgan fingerprint density at radius 1 is 1.18 bits per heavy atom. The third-order valence-electron chi connectivity index (χ3n) is 4.71. The summed E-state index contributed by atoms with van der Waals surface area (Å²) in [5.74, 6) is 0.305. The molecule has 0 fully saturated rings. The average molecular weight is 463 g/mol. The van der Waals surface area contributed by atoms with Gasteiger partial charge >= 0.3 is 0 Å². The van der Waals surface area contributed by atoms with E-state index in [1.807, 2.05) is 0 Å². The van der Waals surface area contributed by atoms with E-state index >= 15 is 0 Å². The lowest BCUT2D eigenvalue weighted by atomic mass is 10.1. The number of nitro groups is 1. The first-order valence-corrected chi connectivity index (χ1v) is 9.53. The highest BCUT2D eigenvalue weighted by Gasteiger charge is 2.26. The lowest BCUT2D eigenvalue weighted by molar-refractivity contribution is -0.384. The molecule has 0 bridgehead atoms. The zero-order chi connectivity index (χ0) is 23.7. The minimum Gasteiger partial charge on any atom is -0.454 e. The smallest absolute Gasteiger partial charge is 0.294 e. The summed E-state index contributed by atoms with van der Waals surface area (Å²) >= 11 is 0. The lowest BCUT2D eigenvalue weighted by Gasteiger charge is -2.07. The van der Waals surface area contributed by atoms with Crippen molar-refractivity contribution >= 4 is 23.6 Å². The number of aromatic nitrogens is 5. The Morgan fingerprint density at radius 3 is 2.71 bits per heavy atom. The highest BCUT2D eigenvalue weighted by molar-refractivity contribution is 5.99. The van der Waals surface area contributed by atoms with Gasteiger partial charge in [-0.2, -0.15) is 9.78 Å². The molecular weight excluding hydrogens is 450 g/mol. The van der Waals surface area contributed by atoms with E-state index in [1.165, 1.54) is 35.2 Å². The first kappa shape index (κ1) is 20.6. The fourth-order valence-corrected chi connectivity index (χ4v) is 3.12. The summed E-state index contributed by atoms with van der Waals surface area (Å²) < 4.78 is 16.6. The third kappa shape index (κ3) is 3.72. The first-order chi connectivity index (χ1) is 16.5. The van der Waals surface area contributed by atoms with Crippen LogP contribution < -0.4 is 20.6 Å². The minimum absolute atomic E-state index is 0.0357. The highest BCUT2D eigenvalue weighted by atomic mass is 16.7. The number of carbonyl (C=O) groups excluding carboxylic acids is 1. The molecule has 0 saturated carbocycles. The fraction of sp³-hybridized carbons (Fsp3) is 0.0526. The van der Waals surface area contributed by atoms with Crippen molar-refractivity contribution in [3.05, 3.63) is 63.8 Å². The number of non-ortho nitro benzene ring substituents is 1. The molecule has 0 atom stereocenters. The van der Waals surface area contributed by atoms with E-state index in [2.05, 4.69) is 35.8 Å². The Morgan fingerprint density at radius 2 is 1.97 bits per heavy atom. The van der Waals surface area contributed by atoms with Crippen molar-refractivity contribution in [2.45, 2.75) is 0 Å². The van der Waals surface area contributed by atoms with Crippen LogP contribution in [-0.4, -0.2) is 49.1 Å². The number of hydrogen-bond acceptors (Lipinski definition) is 12. The van der Waals surface area contributed by atoms with Crippen LogP contribution >= 0.6 is 0 Å². The minimum atomic E-state index is -0.688. The fourth-order valence-electron chi connectivity index (χ4n) is 3.12. The molecule has 4 aromatic rings. The van der Waals surface area contributed by atoms with Gasteiger partial charge < -0.3 is 15.2 Å². The zero-order valence-corrected chi connectivity index (χ0v) is 17.0. The van der Waals surface area contributed by atoms with Crippen LogP contribution in [0.25, 0.3) is 17.1 Å². The van der Waals surface area contributed by atoms with Crippen molar-refractivity contribution in [2.24, 2.45) is 5.10 Å². The largest absolute Gasteiger partial charge is 0.454 e. The number of nitro benzene ring substituents is 1. The molecule has 2 aromatic carbocycles. The zero-order valence-electron chi connectivity index (χ0n) is 17.0. The van der Waals surface area contributed by atoms with E-state index in [1.54, 1.807) is 18.2 Å². The van der Waals surface area contributed by atoms with Crippen molar-refractivity contribution in [1.29, 1.82) is 0 Å². The highest BCUT2D eigenvalue weighted by Crippen LogP contribution is 2.37. The third-order valence-corrected chi connectivity index (χ3v) is 4.71. The normalized spacial score (nSPS) is 12.2. The lowest BCUT2D eigenvalue weighted by Crippen LogP contribution is -2.19. The van der Waals surface area contributed by atoms with Gasteiger partial charge in [0.05, 0.1) is 11.1 Å². The van der Waals surface area contributed by atoms with Crippen molar-refractivity contribution in [3.8, 4) is 28.6 Å². The number of nitrogens with one attached hydrogen (secondary N) is 1. The van der Waals surface area contributed by atoms with Crippen LogP contribution in [0.5, 0.6) is 11.5 Å². The molecule has 15 nitrogen and oxygen atoms in total. The molecule has 0 saturated heterocycles. The predicted molar refractivity (Wildman–Crippen MR) is 113 cm³/mol. The van der Waals surface area contributed by atoms with Crippen LogP contribution in [0.3, 0.4) is 0 Å². The Kier molecular flexibility index (Phi) is 5.02. The maximum atomic E-state index is 12.9. The summed E-state index contributed by atoms with van der Waals surface area (Å²) in [7, 11) is 0. The first-order valence-electron chi connectivity index (χ1n) is 9.53. The summed E-state index contributed by atoms with van der Waals surface area (Å²) in [5.41, 5.74) is 9.26. The maximum absolute atomic E-state index is 12.9. The molecule has 170 valence electrons. The molecular formula is C19H13N9O6. The number of benzene rings is 2. The molecule has 3 N–H and O–H groups in total. The standard InChI is InChI=1S/C19H13N9O6/c20-17-18(25-34-24-17)27-16(11-3-6-13-14(7-11)33-9-32-13)15(22-26-27)19(29)23-21-8-10-1-4-12(5-2-10)28(30)31/h1-8H,9H2,(H2,20,24)(H,23,29)/b21-8+. The van der Waals surface area contributed by atoms with Crippen LogP contribution in [-0.2, 0) is 0 Å². The number of carbonyl (C=O) groups is 1. The van der Waals surface area contributed by atoms with Gasteiger partial charge in [0, 0.05) is 17.7 Å². The van der Waals surface area contributed by atoms with E-state index in [0.717, 1.165) is 0 Å². The van der Waals surface area contributed by atoms with Crippen molar-refractivity contribution < 1.29 is 23.8 Å². The van der Waals surface area contributed by atoms with Crippen LogP contribution in [0, 0.1) is 10.1 Å². The van der Waals surface area contributed by atoms with Crippen LogP contribution in [0.15, 0.2) is 52.2 Å². The van der Waals surface area contributed by atoms with Crippen molar-refractivity contribution in [3.63, 3.8) is 0 Å². The molecule has 2 aromatic heterocycles. The van der Waals surface area contributed by atoms with Crippen molar-refractivity contribution in [2.75, 3.05) is 12.5 Å². The van der Waals surface area contributed by atoms with Gasteiger partial charge in [-0.15, -0.1) is 5.10 Å². The van der Waals surface area contributed by atoms with Gasteiger partial charge in [0.1, 0.15) is 5.69 Å². The number of amides is 1. The Bertz CT molecular complexity index is 1430. The number of anilines is 1. The molecule has 0 aliphatic carbocycles. The molecule has 1 aliphatic heterocycles. The van der Waals surface area contributed by atoms with E-state index in [0.29, 0.717) is 22.6 Å². The summed E-state index contributed by atoms with van der Waals surface area (Å²) in [6, 6.07) is 10.6. The molecule has 1 amide bonds. The van der Waals surface area contributed by atoms with E-state index in [9.17, 15) is 14.9 Å². The molecule has 34 heavy (non-hydrogen) atoms. The van der Waals surface area contributed by atoms with Gasteiger partial charge in [0.2, 0.25) is 18.4 Å². The Hall–Kier alpha value is -5.34. The number of fused-ring (bicyclic) bond motifs is 1. The number of ether oxygens (including phenoxy) is 2. The number of nitrogen functional groups attached to an aromatic ring is 1. The van der Waals surface area contributed by atoms with Crippen molar-refractivity contribution in [1.82, 2.24) is 30.7 Å². The molecule has 15 heteroatoms. The summed E-state index contributed by atoms with van der Waals surface area (Å²) in [6.07, 6.45) is 1.33. The quantitative estimate of drug-likeness (QED) is 0.237. The van der Waals surface area contributed by atoms with E-state index in [4.69, 9.17) is 15.2 Å². The second-order valence-electron chi connectivity index (χ2n) is 6.79. The van der Waals surface area contributed by atoms with Gasteiger partial charge in [-0.25, -0.2) is 10.1 Å². The molecule has 3 heterocycles. The van der Waals surface area contributed by atoms with Gasteiger partial charge in [-0.1, -0.05) is 5.21 Å². The van der Waals surface area contributed by atoms with Crippen LogP contribution in [0.4, 0.5) is 11.5 Å². The van der Waals surface area contributed by atoms with Crippen LogP contribution in [0.2, 0.25) is 0 Å². The van der Waals surface area contributed by atoms with Gasteiger partial charge in [-0.3, -0.25) is 14.9 Å². The second-order valence-corrected chi connectivity index (χ2v) is 6.79. The number of rotatable bonds is 6. The number of nitrogens with two attached hydrogens (primary N) is 1. The molecule has 5 rings (SSSR count). The topological polar surface area (TPSA) is 199 Å². The molecule has 0 radical (unpaired) electrons. The predicted octanol–water partition coefficient (Wildman–Crippen LogP) is 1.30. The molecule has 0 spiro atoms. The average Bonchev–Trinajstić information content (AvgIpc) is 3.57. The van der Waals surface area contributed by atoms with Crippen LogP contribution in [0.1, 0.15) is 16.1 Å². The van der Waals surface area contributed by atoms with E-state index < -0.39 is 10.8 Å². The summed E-state index contributed by atoms with van der Waals surface area (Å²) in [4.78, 5) is 23.1. The van der Waals surface area contributed by atoms with Gasteiger partial charge in [-0.05, 0) is 46.2 Å². The van der Waals surface area contributed by atoms with E-state index in [-0.39, 0.29) is 35.5 Å². The summed E-state index contributed by atoms with van der Waals surface area (Å²) in [5, 5.41) is 29.8. The number of hydrogen-bond donors (Lipinski definition) is 2. The monoisotopic (exact) mass is 463 g/mol. The second kappa shape index (κ2) is 8.30. The van der Waals surface area contributed by atoms with Gasteiger partial charge in [0.25, 0.3) is 11.6 Å². The number of hydrazone groups is 1. The summed E-state index contributed by atoms with van der Waals surface area (Å²) in [6.45, 7) is 0.0706. The SMILES string of the molecule is Nc1nonc1-n1nnc(C(=O)N/N=C/c2ccc([N+](=O)[O-])cc2)c1-c1ccc2c(c1)OCO2. The maximum Gasteiger partial charge on any atom is 0.294 e. The van der Waals surface area contributed by atoms with Gasteiger partial charge in [0.15, 0.2) is 17.2 Å². The Balaban J connectivity index is 1.46. The Labute approximate surface area is 188 Å². The number of nitrogens with zero attached hydrogens (tertiary/aromatic N) is 7. The molecule has 0 unspecified atom stereocenters.